The minimum Gasteiger partial charge on any atom is -0.494 e. The number of benzene rings is 1. The summed E-state index contributed by atoms with van der Waals surface area (Å²) in [5.41, 5.74) is -0.280. The van der Waals surface area contributed by atoms with E-state index in [1.165, 1.54) is 12.1 Å². The number of amides is 3. The van der Waals surface area contributed by atoms with E-state index in [1.807, 2.05) is 19.1 Å². The molecule has 0 aliphatic rings. The number of ketones is 4. The third-order valence-corrected chi connectivity index (χ3v) is 13.9. The fourth-order valence-corrected chi connectivity index (χ4v) is 8.60. The van der Waals surface area contributed by atoms with E-state index < -0.39 is 41.3 Å². The molecule has 1 heterocycles. The first kappa shape index (κ1) is 73.6. The molecule has 23 nitrogen and oxygen atoms in total. The van der Waals surface area contributed by atoms with Crippen LogP contribution in [-0.4, -0.2) is 170 Å². The second-order valence-corrected chi connectivity index (χ2v) is 21.1. The standard InChI is InChI=1S/C61H93N5O18/c1-4-17-50(65-42-54(70)61(2,3)53(69)31-25-47-19-12-14-32-62-47)52(68)30-24-45(58(74)75)18-11-13-33-63-56(72)43-83-41-39-81-37-34-64-57(73)44-82-40-38-80-35-16-20-48(67)26-29-51(60(78)79)66-55(71)21-10-8-6-5-7-9-15-36-84-49-27-22-46(23-28-49)59(76)77/h12,14,19,22-23,27-28,32,45,50-51,65H,4-11,13,15-18,20-21,24-26,29-31,33-44H2,1-3H3,(H,63,72)(H,64,73)(H,66,71)(H,74,75)(H,76,77)(H,78,79)/t45-,50+,51+/m1/s1. The molecule has 3 atom stereocenters. The maximum Gasteiger partial charge on any atom is 0.335 e. The van der Waals surface area contributed by atoms with Crippen molar-refractivity contribution in [2.45, 2.75) is 168 Å². The van der Waals surface area contributed by atoms with Gasteiger partial charge in [-0.05, 0) is 108 Å². The number of aryl methyl sites for hydroxylation is 1. The summed E-state index contributed by atoms with van der Waals surface area (Å²) in [6.45, 7) is 6.76. The number of pyridine rings is 1. The number of carboxylic acids is 3. The Hall–Kier alpha value is -6.53. The number of hydrogen-bond donors (Lipinski definition) is 7. The molecule has 470 valence electrons. The summed E-state index contributed by atoms with van der Waals surface area (Å²) >= 11 is 0. The number of unbranched alkanes of at least 4 members (excludes halogenated alkanes) is 7. The van der Waals surface area contributed by atoms with Crippen LogP contribution in [-0.2, 0) is 68.5 Å². The topological polar surface area (TPSA) is 339 Å². The largest absolute Gasteiger partial charge is 0.494 e. The number of aromatic nitrogens is 1. The molecule has 2 aromatic rings. The molecule has 0 fully saturated rings. The molecule has 2 rings (SSSR count). The van der Waals surface area contributed by atoms with Crippen molar-refractivity contribution in [3.05, 3.63) is 59.9 Å². The normalized spacial score (nSPS) is 12.4. The second kappa shape index (κ2) is 44.9. The Morgan fingerprint density at radius 2 is 1.19 bits per heavy atom. The van der Waals surface area contributed by atoms with E-state index >= 15 is 0 Å². The van der Waals surface area contributed by atoms with E-state index in [-0.39, 0.29) is 157 Å². The van der Waals surface area contributed by atoms with Gasteiger partial charge in [-0.1, -0.05) is 57.9 Å². The molecule has 0 unspecified atom stereocenters. The van der Waals surface area contributed by atoms with Gasteiger partial charge in [0.25, 0.3) is 0 Å². The molecule has 1 aromatic carbocycles. The van der Waals surface area contributed by atoms with Crippen LogP contribution in [0.1, 0.15) is 165 Å². The lowest BCUT2D eigenvalue weighted by Crippen LogP contribution is -2.45. The highest BCUT2D eigenvalue weighted by molar-refractivity contribution is 6.07. The van der Waals surface area contributed by atoms with Gasteiger partial charge in [-0.25, -0.2) is 9.59 Å². The molecule has 1 aromatic heterocycles. The van der Waals surface area contributed by atoms with Gasteiger partial charge < -0.3 is 60.3 Å². The molecule has 0 spiro atoms. The fourth-order valence-electron chi connectivity index (χ4n) is 8.60. The highest BCUT2D eigenvalue weighted by Crippen LogP contribution is 2.22. The summed E-state index contributed by atoms with van der Waals surface area (Å²) in [5.74, 6) is -5.23. The number of ether oxygens (including phenoxy) is 5. The Labute approximate surface area is 494 Å². The van der Waals surface area contributed by atoms with Crippen LogP contribution in [0.15, 0.2) is 48.7 Å². The molecule has 0 aliphatic heterocycles. The highest BCUT2D eigenvalue weighted by Gasteiger charge is 2.35. The van der Waals surface area contributed by atoms with Crippen molar-refractivity contribution in [2.75, 3.05) is 79.1 Å². The SMILES string of the molecule is CCC[C@H](NCC(=O)C(C)(C)C(=O)CCc1ccccn1)C(=O)CC[C@@H](CCCCNC(=O)COCCOCCNC(=O)COCCOCCCC(=O)CC[C@H](NC(=O)CCCCCCCCCOc1ccc(C(=O)O)cc1)C(=O)O)C(=O)O. The van der Waals surface area contributed by atoms with Crippen LogP contribution >= 0.6 is 0 Å². The van der Waals surface area contributed by atoms with Gasteiger partial charge in [-0.15, -0.1) is 0 Å². The zero-order chi connectivity index (χ0) is 61.8. The third-order valence-electron chi connectivity index (χ3n) is 13.9. The van der Waals surface area contributed by atoms with Crippen molar-refractivity contribution in [1.29, 1.82) is 0 Å². The van der Waals surface area contributed by atoms with Gasteiger partial charge in [0, 0.05) is 63.7 Å². The summed E-state index contributed by atoms with van der Waals surface area (Å²) in [6.07, 6.45) is 11.9. The minimum absolute atomic E-state index is 0.00415. The number of Topliss-reactive ketones (excluding diaryl/α,β-unsaturated/α-hetero) is 4. The molecule has 0 aliphatic carbocycles. The lowest BCUT2D eigenvalue weighted by atomic mass is 9.81. The van der Waals surface area contributed by atoms with Crippen molar-refractivity contribution in [2.24, 2.45) is 11.3 Å². The number of carboxylic acid groups (broad SMARTS) is 3. The molecule has 0 radical (unpaired) electrons. The third kappa shape index (κ3) is 34.9. The monoisotopic (exact) mass is 1180 g/mol. The van der Waals surface area contributed by atoms with E-state index in [9.17, 15) is 58.2 Å². The number of carbonyl (C=O) groups excluding carboxylic acids is 7. The molecule has 0 bridgehead atoms. The van der Waals surface area contributed by atoms with Crippen molar-refractivity contribution in [3.8, 4) is 5.75 Å². The van der Waals surface area contributed by atoms with Gasteiger partial charge in [-0.3, -0.25) is 43.3 Å². The molecule has 7 N–H and O–H groups in total. The molecule has 84 heavy (non-hydrogen) atoms. The number of carbonyl (C=O) groups is 10. The minimum atomic E-state index is -1.25. The van der Waals surface area contributed by atoms with Crippen LogP contribution in [0, 0.1) is 11.3 Å². The Balaban J connectivity index is 1.41. The predicted molar refractivity (Wildman–Crippen MR) is 310 cm³/mol. The first-order chi connectivity index (χ1) is 40.3. The fraction of sp³-hybridized carbons (Fsp3) is 0.656. The second-order valence-electron chi connectivity index (χ2n) is 21.1. The van der Waals surface area contributed by atoms with Crippen LogP contribution in [0.2, 0.25) is 0 Å². The van der Waals surface area contributed by atoms with Gasteiger partial charge >= 0.3 is 17.9 Å². The van der Waals surface area contributed by atoms with Gasteiger partial charge in [0.05, 0.1) is 69.1 Å². The Morgan fingerprint density at radius 1 is 0.548 bits per heavy atom. The van der Waals surface area contributed by atoms with Crippen molar-refractivity contribution >= 4 is 58.8 Å². The molecule has 0 saturated carbocycles. The highest BCUT2D eigenvalue weighted by atomic mass is 16.5. The number of nitrogens with zero attached hydrogens (tertiary/aromatic N) is 1. The van der Waals surface area contributed by atoms with E-state index in [0.29, 0.717) is 70.3 Å². The smallest absolute Gasteiger partial charge is 0.335 e. The van der Waals surface area contributed by atoms with Gasteiger partial charge in [0.2, 0.25) is 17.7 Å². The first-order valence-electron chi connectivity index (χ1n) is 29.6. The number of aliphatic carboxylic acids is 2. The summed E-state index contributed by atoms with van der Waals surface area (Å²) in [5, 5.41) is 39.3. The van der Waals surface area contributed by atoms with Crippen LogP contribution in [0.25, 0.3) is 0 Å². The summed E-state index contributed by atoms with van der Waals surface area (Å²) in [6, 6.07) is 9.93. The Bertz CT molecular complexity index is 2280. The first-order valence-corrected chi connectivity index (χ1v) is 29.6. The quantitative estimate of drug-likeness (QED) is 0.0292. The zero-order valence-corrected chi connectivity index (χ0v) is 49.6. The van der Waals surface area contributed by atoms with Crippen LogP contribution in [0.5, 0.6) is 5.75 Å². The Kier molecular flexibility index (Phi) is 39.3. The average molecular weight is 1180 g/mol. The van der Waals surface area contributed by atoms with Gasteiger partial charge in [0.15, 0.2) is 5.78 Å². The molecule has 23 heteroatoms. The molecular formula is C61H93N5O18. The zero-order valence-electron chi connectivity index (χ0n) is 49.6. The lowest BCUT2D eigenvalue weighted by molar-refractivity contribution is -0.143. The number of nitrogens with one attached hydrogen (secondary N) is 4. The van der Waals surface area contributed by atoms with Crippen molar-refractivity contribution < 1.29 is 86.9 Å². The number of hydrogen-bond acceptors (Lipinski definition) is 17. The summed E-state index contributed by atoms with van der Waals surface area (Å²) in [4.78, 5) is 127. The van der Waals surface area contributed by atoms with E-state index in [0.717, 1.165) is 44.2 Å². The van der Waals surface area contributed by atoms with Crippen molar-refractivity contribution in [1.82, 2.24) is 26.3 Å². The predicted octanol–water partition coefficient (Wildman–Crippen LogP) is 6.05. The molecule has 0 saturated heterocycles. The van der Waals surface area contributed by atoms with Crippen LogP contribution < -0.4 is 26.0 Å². The van der Waals surface area contributed by atoms with Gasteiger partial charge in [0.1, 0.15) is 42.4 Å². The van der Waals surface area contributed by atoms with E-state index in [4.69, 9.17) is 28.8 Å². The maximum atomic E-state index is 13.2. The Morgan fingerprint density at radius 3 is 1.82 bits per heavy atom. The maximum absolute atomic E-state index is 13.2. The number of aromatic carboxylic acids is 1. The van der Waals surface area contributed by atoms with Crippen molar-refractivity contribution in [3.63, 3.8) is 0 Å². The molecular weight excluding hydrogens is 1090 g/mol. The summed E-state index contributed by atoms with van der Waals surface area (Å²) in [7, 11) is 0. The molecule has 3 amide bonds. The van der Waals surface area contributed by atoms with E-state index in [2.05, 4.69) is 26.3 Å². The van der Waals surface area contributed by atoms with Crippen LogP contribution in [0.3, 0.4) is 0 Å². The van der Waals surface area contributed by atoms with Gasteiger partial charge in [-0.2, -0.15) is 0 Å². The van der Waals surface area contributed by atoms with E-state index in [1.54, 1.807) is 38.2 Å². The van der Waals surface area contributed by atoms with Crippen LogP contribution in [0.4, 0.5) is 0 Å². The summed E-state index contributed by atoms with van der Waals surface area (Å²) < 4.78 is 27.2. The number of rotatable bonds is 54. The lowest BCUT2D eigenvalue weighted by Gasteiger charge is -2.24. The average Bonchev–Trinajstić information content (AvgIpc) is 3.66.